The van der Waals surface area contributed by atoms with Gasteiger partial charge in [-0.15, -0.1) is 0 Å². The Morgan fingerprint density at radius 3 is 2.54 bits per heavy atom. The maximum absolute atomic E-state index is 14.6. The quantitative estimate of drug-likeness (QED) is 0.788. The van der Waals surface area contributed by atoms with Crippen molar-refractivity contribution in [2.45, 2.75) is 12.5 Å². The number of ether oxygens (including phenoxy) is 1. The number of nitrogens with zero attached hydrogens (tertiary/aromatic N) is 1. The number of methoxy groups -OCH3 is 1. The number of benzene rings is 2. The van der Waals surface area contributed by atoms with E-state index in [-0.39, 0.29) is 22.8 Å². The van der Waals surface area contributed by atoms with Crippen molar-refractivity contribution in [1.82, 2.24) is 0 Å². The number of carbonyl (C=O) groups is 2. The molecule has 1 amide bonds. The first-order chi connectivity index (χ1) is 11.5. The number of rotatable bonds is 6. The van der Waals surface area contributed by atoms with Gasteiger partial charge in [-0.05, 0) is 24.3 Å². The van der Waals surface area contributed by atoms with Crippen molar-refractivity contribution < 1.29 is 23.8 Å². The largest absolute Gasteiger partial charge is 0.496 e. The Labute approximate surface area is 143 Å². The third kappa shape index (κ3) is 3.49. The van der Waals surface area contributed by atoms with Crippen molar-refractivity contribution in [1.29, 1.82) is 0 Å². The van der Waals surface area contributed by atoms with Crippen LogP contribution in [0.15, 0.2) is 42.5 Å². The Balaban J connectivity index is 2.66. The molecule has 0 radical (unpaired) electrons. The minimum atomic E-state index is -1.32. The van der Waals surface area contributed by atoms with Gasteiger partial charge in [-0.2, -0.15) is 0 Å². The highest BCUT2D eigenvalue weighted by molar-refractivity contribution is 6.30. The van der Waals surface area contributed by atoms with Gasteiger partial charge < -0.3 is 14.6 Å². The van der Waals surface area contributed by atoms with Crippen LogP contribution in [0.5, 0.6) is 5.75 Å². The van der Waals surface area contributed by atoms with E-state index in [9.17, 15) is 19.1 Å². The number of hydrogen-bond acceptors (Lipinski definition) is 3. The standard InChI is InChI=1S/C17H15ClFNO4/c1-24-14-8-7-12(18)16(19)15(14)13(9-10-21)20(17(22)23)11-5-3-2-4-6-11/h2-8,10,13H,9H2,1H3,(H,22,23)/t13-/m0/s1. The molecule has 0 aliphatic carbocycles. The summed E-state index contributed by atoms with van der Waals surface area (Å²) in [7, 11) is 1.33. The fourth-order valence-electron chi connectivity index (χ4n) is 2.49. The lowest BCUT2D eigenvalue weighted by atomic mass is 10.00. The van der Waals surface area contributed by atoms with E-state index < -0.39 is 18.0 Å². The summed E-state index contributed by atoms with van der Waals surface area (Å²) in [5.74, 6) is -0.698. The van der Waals surface area contributed by atoms with E-state index in [0.29, 0.717) is 12.0 Å². The van der Waals surface area contributed by atoms with Crippen molar-refractivity contribution >= 4 is 29.7 Å². The molecule has 0 bridgehead atoms. The number of para-hydroxylation sites is 1. The number of halogens is 2. The van der Waals surface area contributed by atoms with Gasteiger partial charge in [0.2, 0.25) is 0 Å². The van der Waals surface area contributed by atoms with E-state index in [1.165, 1.54) is 19.2 Å². The van der Waals surface area contributed by atoms with Crippen molar-refractivity contribution in [2.24, 2.45) is 0 Å². The summed E-state index contributed by atoms with van der Waals surface area (Å²) in [6, 6.07) is 9.76. The molecular formula is C17H15ClFNO4. The van der Waals surface area contributed by atoms with Crippen molar-refractivity contribution in [3.8, 4) is 5.75 Å². The lowest BCUT2D eigenvalue weighted by Gasteiger charge is -2.30. The first kappa shape index (κ1) is 17.7. The Kier molecular flexibility index (Phi) is 5.76. The predicted molar refractivity (Wildman–Crippen MR) is 88.3 cm³/mol. The second-order valence-electron chi connectivity index (χ2n) is 4.88. The van der Waals surface area contributed by atoms with E-state index >= 15 is 0 Å². The molecule has 0 aromatic heterocycles. The third-order valence-electron chi connectivity index (χ3n) is 3.52. The molecule has 0 heterocycles. The summed E-state index contributed by atoms with van der Waals surface area (Å²) >= 11 is 5.83. The first-order valence-corrected chi connectivity index (χ1v) is 7.41. The maximum atomic E-state index is 14.6. The zero-order valence-corrected chi connectivity index (χ0v) is 13.5. The van der Waals surface area contributed by atoms with E-state index in [4.69, 9.17) is 16.3 Å². The van der Waals surface area contributed by atoms with E-state index in [1.807, 2.05) is 0 Å². The normalized spacial score (nSPS) is 11.6. The van der Waals surface area contributed by atoms with Crippen molar-refractivity contribution in [2.75, 3.05) is 12.0 Å². The summed E-state index contributed by atoms with van der Waals surface area (Å²) in [5.41, 5.74) is 0.224. The van der Waals surface area contributed by atoms with Crippen LogP contribution in [0.3, 0.4) is 0 Å². The van der Waals surface area contributed by atoms with Gasteiger partial charge in [-0.1, -0.05) is 29.8 Å². The third-order valence-corrected chi connectivity index (χ3v) is 3.81. The van der Waals surface area contributed by atoms with Gasteiger partial charge in [-0.25, -0.2) is 9.18 Å². The molecule has 5 nitrogen and oxygen atoms in total. The molecule has 0 saturated carbocycles. The zero-order chi connectivity index (χ0) is 17.7. The van der Waals surface area contributed by atoms with Crippen molar-refractivity contribution in [3.05, 3.63) is 58.9 Å². The van der Waals surface area contributed by atoms with Gasteiger partial charge in [0.15, 0.2) is 5.82 Å². The summed E-state index contributed by atoms with van der Waals surface area (Å²) in [4.78, 5) is 23.8. The molecule has 1 atom stereocenters. The van der Waals surface area contributed by atoms with Gasteiger partial charge in [0.05, 0.1) is 23.7 Å². The molecule has 126 valence electrons. The molecule has 24 heavy (non-hydrogen) atoms. The summed E-state index contributed by atoms with van der Waals surface area (Å²) in [5, 5.41) is 9.44. The Morgan fingerprint density at radius 1 is 1.33 bits per heavy atom. The van der Waals surface area contributed by atoms with Crippen LogP contribution in [-0.4, -0.2) is 24.6 Å². The van der Waals surface area contributed by atoms with Gasteiger partial charge >= 0.3 is 6.09 Å². The minimum absolute atomic E-state index is 0.0802. The van der Waals surface area contributed by atoms with Crippen LogP contribution in [0.1, 0.15) is 18.0 Å². The molecule has 0 fully saturated rings. The number of amides is 1. The fraction of sp³-hybridized carbons (Fsp3) is 0.176. The number of anilines is 1. The van der Waals surface area contributed by atoms with Crippen molar-refractivity contribution in [3.63, 3.8) is 0 Å². The molecule has 7 heteroatoms. The summed E-state index contributed by atoms with van der Waals surface area (Å²) < 4.78 is 19.8. The molecule has 1 N–H and O–H groups in total. The molecular weight excluding hydrogens is 337 g/mol. The predicted octanol–water partition coefficient (Wildman–Crippen LogP) is 4.30. The molecule has 0 aliphatic heterocycles. The zero-order valence-electron chi connectivity index (χ0n) is 12.8. The monoisotopic (exact) mass is 351 g/mol. The van der Waals surface area contributed by atoms with E-state index in [2.05, 4.69) is 0 Å². The number of carbonyl (C=O) groups excluding carboxylic acids is 1. The second-order valence-corrected chi connectivity index (χ2v) is 5.29. The number of aldehydes is 1. The highest BCUT2D eigenvalue weighted by Crippen LogP contribution is 2.38. The molecule has 0 spiro atoms. The van der Waals surface area contributed by atoms with Crippen LogP contribution < -0.4 is 9.64 Å². The highest BCUT2D eigenvalue weighted by atomic mass is 35.5. The minimum Gasteiger partial charge on any atom is -0.496 e. The second kappa shape index (κ2) is 7.79. The summed E-state index contributed by atoms with van der Waals surface area (Å²) in [6.45, 7) is 0. The van der Waals surface area contributed by atoms with Crippen LogP contribution in [0, 0.1) is 5.82 Å². The molecule has 0 saturated heterocycles. The van der Waals surface area contributed by atoms with Gasteiger partial charge in [0.25, 0.3) is 0 Å². The highest BCUT2D eigenvalue weighted by Gasteiger charge is 2.32. The van der Waals surface area contributed by atoms with Crippen LogP contribution >= 0.6 is 11.6 Å². The first-order valence-electron chi connectivity index (χ1n) is 7.04. The number of carboxylic acid groups (broad SMARTS) is 1. The van der Waals surface area contributed by atoms with Crippen LogP contribution in [0.25, 0.3) is 0 Å². The Morgan fingerprint density at radius 2 is 2.00 bits per heavy atom. The molecule has 0 aliphatic rings. The topological polar surface area (TPSA) is 66.8 Å². The Bertz CT molecular complexity index is 739. The van der Waals surface area contributed by atoms with Gasteiger partial charge in [0, 0.05) is 12.1 Å². The number of hydrogen-bond donors (Lipinski definition) is 1. The lowest BCUT2D eigenvalue weighted by molar-refractivity contribution is -0.108. The SMILES string of the molecule is COc1ccc(Cl)c(F)c1[C@H](CC=O)N(C(=O)O)c1ccccc1. The van der Waals surface area contributed by atoms with Gasteiger partial charge in [-0.3, -0.25) is 4.90 Å². The molecule has 2 aromatic carbocycles. The maximum Gasteiger partial charge on any atom is 0.412 e. The Hall–Kier alpha value is -2.60. The van der Waals surface area contributed by atoms with Gasteiger partial charge in [0.1, 0.15) is 12.0 Å². The molecule has 2 rings (SSSR count). The smallest absolute Gasteiger partial charge is 0.412 e. The average Bonchev–Trinajstić information content (AvgIpc) is 2.57. The van der Waals surface area contributed by atoms with Crippen LogP contribution in [0.2, 0.25) is 5.02 Å². The fourth-order valence-corrected chi connectivity index (χ4v) is 2.66. The molecule has 0 unspecified atom stereocenters. The van der Waals surface area contributed by atoms with E-state index in [0.717, 1.165) is 4.90 Å². The lowest BCUT2D eigenvalue weighted by Crippen LogP contribution is -2.34. The molecule has 2 aromatic rings. The van der Waals surface area contributed by atoms with Crippen LogP contribution in [0.4, 0.5) is 14.9 Å². The van der Waals surface area contributed by atoms with Crippen LogP contribution in [-0.2, 0) is 4.79 Å². The van der Waals surface area contributed by atoms with E-state index in [1.54, 1.807) is 30.3 Å². The average molecular weight is 352 g/mol. The summed E-state index contributed by atoms with van der Waals surface area (Å²) in [6.07, 6.45) is -1.05.